The van der Waals surface area contributed by atoms with E-state index in [0.717, 1.165) is 25.8 Å². The van der Waals surface area contributed by atoms with Gasteiger partial charge in [0.05, 0.1) is 0 Å². The van der Waals surface area contributed by atoms with Crippen LogP contribution in [0.2, 0.25) is 0 Å². The molecule has 1 atom stereocenters. The van der Waals surface area contributed by atoms with Gasteiger partial charge in [-0.25, -0.2) is 13.2 Å². The molecule has 110 valence electrons. The van der Waals surface area contributed by atoms with Crippen molar-refractivity contribution in [1.29, 1.82) is 0 Å². The first kappa shape index (κ1) is 14.8. The van der Waals surface area contributed by atoms with Crippen molar-refractivity contribution < 1.29 is 18.0 Å². The number of halogens is 3. The van der Waals surface area contributed by atoms with Crippen molar-refractivity contribution in [2.45, 2.75) is 31.7 Å². The lowest BCUT2D eigenvalue weighted by Crippen LogP contribution is -2.37. The molecule has 2 rings (SSSR count). The van der Waals surface area contributed by atoms with E-state index >= 15 is 0 Å². The summed E-state index contributed by atoms with van der Waals surface area (Å²) in [6, 6.07) is 1.33. The zero-order valence-corrected chi connectivity index (χ0v) is 11.0. The molecule has 0 saturated carbocycles. The lowest BCUT2D eigenvalue weighted by molar-refractivity contribution is 0.0943. The number of benzene rings is 1. The summed E-state index contributed by atoms with van der Waals surface area (Å²) in [4.78, 5) is 11.7. The number of nitrogens with one attached hydrogen (secondary N) is 2. The maximum Gasteiger partial charge on any atom is 0.257 e. The summed E-state index contributed by atoms with van der Waals surface area (Å²) in [6.45, 7) is 1.28. The quantitative estimate of drug-likeness (QED) is 0.892. The molecular formula is C14H17F3N2O. The van der Waals surface area contributed by atoms with E-state index in [-0.39, 0.29) is 0 Å². The second kappa shape index (κ2) is 6.74. The molecule has 1 amide bonds. The SMILES string of the molecule is O=C(NCCC1CCCCN1)c1c(F)cc(F)cc1F. The molecule has 0 bridgehead atoms. The van der Waals surface area contributed by atoms with Crippen LogP contribution < -0.4 is 10.6 Å². The minimum absolute atomic E-state index is 0.326. The number of hydrogen-bond acceptors (Lipinski definition) is 2. The Morgan fingerprint density at radius 1 is 1.25 bits per heavy atom. The van der Waals surface area contributed by atoms with Gasteiger partial charge in [0.1, 0.15) is 23.0 Å². The van der Waals surface area contributed by atoms with Gasteiger partial charge < -0.3 is 10.6 Å². The summed E-state index contributed by atoms with van der Waals surface area (Å²) in [5, 5.41) is 5.78. The summed E-state index contributed by atoms with van der Waals surface area (Å²) in [5.74, 6) is -4.26. The molecule has 1 unspecified atom stereocenters. The van der Waals surface area contributed by atoms with Gasteiger partial charge in [0.2, 0.25) is 0 Å². The van der Waals surface area contributed by atoms with E-state index in [1.54, 1.807) is 0 Å². The number of amides is 1. The fraction of sp³-hybridized carbons (Fsp3) is 0.500. The highest BCUT2D eigenvalue weighted by Gasteiger charge is 2.19. The Morgan fingerprint density at radius 3 is 2.55 bits per heavy atom. The highest BCUT2D eigenvalue weighted by Crippen LogP contribution is 2.15. The molecule has 0 aliphatic carbocycles. The molecule has 1 heterocycles. The number of carbonyl (C=O) groups is 1. The van der Waals surface area contributed by atoms with Crippen LogP contribution in [0.1, 0.15) is 36.0 Å². The molecule has 0 spiro atoms. The van der Waals surface area contributed by atoms with Crippen LogP contribution in [0.5, 0.6) is 0 Å². The Labute approximate surface area is 115 Å². The van der Waals surface area contributed by atoms with Crippen LogP contribution in [0.25, 0.3) is 0 Å². The predicted molar refractivity (Wildman–Crippen MR) is 68.9 cm³/mol. The number of hydrogen-bond donors (Lipinski definition) is 2. The number of piperidine rings is 1. The summed E-state index contributed by atoms with van der Waals surface area (Å²) in [6.07, 6.45) is 4.03. The summed E-state index contributed by atoms with van der Waals surface area (Å²) in [7, 11) is 0. The number of rotatable bonds is 4. The first-order valence-electron chi connectivity index (χ1n) is 6.74. The molecule has 0 radical (unpaired) electrons. The van der Waals surface area contributed by atoms with E-state index in [0.29, 0.717) is 31.1 Å². The van der Waals surface area contributed by atoms with Gasteiger partial charge in [0.15, 0.2) is 0 Å². The summed E-state index contributed by atoms with van der Waals surface area (Å²) in [5.41, 5.74) is -0.733. The van der Waals surface area contributed by atoms with Crippen LogP contribution >= 0.6 is 0 Å². The average Bonchev–Trinajstić information content (AvgIpc) is 2.38. The van der Waals surface area contributed by atoms with E-state index in [9.17, 15) is 18.0 Å². The Hall–Kier alpha value is -1.56. The molecule has 1 fully saturated rings. The molecule has 1 aromatic rings. The molecule has 2 N–H and O–H groups in total. The van der Waals surface area contributed by atoms with Crippen LogP contribution in [0.4, 0.5) is 13.2 Å². The van der Waals surface area contributed by atoms with Gasteiger partial charge >= 0.3 is 0 Å². The molecule has 1 aliphatic heterocycles. The summed E-state index contributed by atoms with van der Waals surface area (Å²) < 4.78 is 39.5. The monoisotopic (exact) mass is 286 g/mol. The lowest BCUT2D eigenvalue weighted by atomic mass is 10.0. The van der Waals surface area contributed by atoms with Crippen LogP contribution in [-0.2, 0) is 0 Å². The average molecular weight is 286 g/mol. The normalized spacial score (nSPS) is 18.9. The maximum atomic E-state index is 13.4. The molecule has 6 heteroatoms. The van der Waals surface area contributed by atoms with Crippen LogP contribution in [0.15, 0.2) is 12.1 Å². The van der Waals surface area contributed by atoms with Crippen molar-refractivity contribution in [3.63, 3.8) is 0 Å². The van der Waals surface area contributed by atoms with E-state index < -0.39 is 28.9 Å². The van der Waals surface area contributed by atoms with Crippen molar-refractivity contribution in [1.82, 2.24) is 10.6 Å². The highest BCUT2D eigenvalue weighted by atomic mass is 19.1. The molecular weight excluding hydrogens is 269 g/mol. The molecule has 1 aromatic carbocycles. The fourth-order valence-corrected chi connectivity index (χ4v) is 2.38. The lowest BCUT2D eigenvalue weighted by Gasteiger charge is -2.23. The second-order valence-corrected chi connectivity index (χ2v) is 4.94. The maximum absolute atomic E-state index is 13.4. The topological polar surface area (TPSA) is 41.1 Å². The fourth-order valence-electron chi connectivity index (χ4n) is 2.38. The van der Waals surface area contributed by atoms with Crippen molar-refractivity contribution in [3.05, 3.63) is 35.1 Å². The molecule has 1 saturated heterocycles. The first-order valence-corrected chi connectivity index (χ1v) is 6.74. The predicted octanol–water partition coefficient (Wildman–Crippen LogP) is 2.37. The Morgan fingerprint density at radius 2 is 1.95 bits per heavy atom. The van der Waals surface area contributed by atoms with Crippen molar-refractivity contribution in [2.24, 2.45) is 0 Å². The first-order chi connectivity index (χ1) is 9.58. The Bertz CT molecular complexity index is 464. The smallest absolute Gasteiger partial charge is 0.257 e. The third-order valence-corrected chi connectivity index (χ3v) is 3.42. The largest absolute Gasteiger partial charge is 0.352 e. The third-order valence-electron chi connectivity index (χ3n) is 3.42. The van der Waals surface area contributed by atoms with E-state index in [1.165, 1.54) is 0 Å². The van der Waals surface area contributed by atoms with Gasteiger partial charge in [0.25, 0.3) is 5.91 Å². The second-order valence-electron chi connectivity index (χ2n) is 4.94. The Kier molecular flexibility index (Phi) is 5.00. The Balaban J connectivity index is 1.88. The van der Waals surface area contributed by atoms with Gasteiger partial charge in [-0.3, -0.25) is 4.79 Å². The van der Waals surface area contributed by atoms with Gasteiger partial charge in [0, 0.05) is 24.7 Å². The van der Waals surface area contributed by atoms with Crippen molar-refractivity contribution in [3.8, 4) is 0 Å². The molecule has 20 heavy (non-hydrogen) atoms. The van der Waals surface area contributed by atoms with Crippen LogP contribution in [0, 0.1) is 17.5 Å². The molecule has 1 aliphatic rings. The van der Waals surface area contributed by atoms with Crippen molar-refractivity contribution >= 4 is 5.91 Å². The number of carbonyl (C=O) groups excluding carboxylic acids is 1. The molecule has 0 aromatic heterocycles. The molecule has 3 nitrogen and oxygen atoms in total. The van der Waals surface area contributed by atoms with Crippen LogP contribution in [-0.4, -0.2) is 25.0 Å². The van der Waals surface area contributed by atoms with Crippen LogP contribution in [0.3, 0.4) is 0 Å². The minimum atomic E-state index is -1.18. The zero-order chi connectivity index (χ0) is 14.5. The van der Waals surface area contributed by atoms with Gasteiger partial charge in [-0.2, -0.15) is 0 Å². The van der Waals surface area contributed by atoms with Gasteiger partial charge in [-0.1, -0.05) is 6.42 Å². The van der Waals surface area contributed by atoms with E-state index in [4.69, 9.17) is 0 Å². The standard InChI is InChI=1S/C14H17F3N2O/c15-9-7-11(16)13(12(17)8-9)14(20)19-6-4-10-3-1-2-5-18-10/h7-8,10,18H,1-6H2,(H,19,20). The van der Waals surface area contributed by atoms with E-state index in [1.807, 2.05) is 0 Å². The summed E-state index contributed by atoms with van der Waals surface area (Å²) >= 11 is 0. The van der Waals surface area contributed by atoms with Gasteiger partial charge in [-0.15, -0.1) is 0 Å². The highest BCUT2D eigenvalue weighted by molar-refractivity contribution is 5.94. The van der Waals surface area contributed by atoms with Gasteiger partial charge in [-0.05, 0) is 25.8 Å². The third kappa shape index (κ3) is 3.72. The minimum Gasteiger partial charge on any atom is -0.352 e. The zero-order valence-electron chi connectivity index (χ0n) is 11.0. The van der Waals surface area contributed by atoms with E-state index in [2.05, 4.69) is 10.6 Å². The van der Waals surface area contributed by atoms with Crippen molar-refractivity contribution in [2.75, 3.05) is 13.1 Å².